The highest BCUT2D eigenvalue weighted by atomic mass is 27.0. The molecule has 0 rings (SSSR count). The van der Waals surface area contributed by atoms with Crippen LogP contribution in [-0.2, 0) is 0 Å². The molecule has 31 valence electrons. The Morgan fingerprint density at radius 3 is 1.00 bits per heavy atom. The Hall–Kier alpha value is 0.532. The van der Waals surface area contributed by atoms with E-state index in [1.165, 1.54) is 0 Å². The molecule has 0 spiro atoms. The smallest absolute Gasteiger partial charge is 0 e. The summed E-state index contributed by atoms with van der Waals surface area (Å²) in [7, 11) is 0. The lowest BCUT2D eigenvalue weighted by molar-refractivity contribution is 1.81. The molecule has 0 aromatic heterocycles. The highest BCUT2D eigenvalue weighted by Crippen LogP contribution is 1.12. The van der Waals surface area contributed by atoms with Gasteiger partial charge in [-0.15, -0.1) is 0 Å². The summed E-state index contributed by atoms with van der Waals surface area (Å²) in [4.78, 5) is 0. The summed E-state index contributed by atoms with van der Waals surface area (Å²) in [5, 5.41) is 0. The van der Waals surface area contributed by atoms with Gasteiger partial charge in [-0.1, -0.05) is 27.7 Å². The maximum Gasteiger partial charge on any atom is 0 e. The number of hydrogen-bond acceptors (Lipinski definition) is 0. The van der Waals surface area contributed by atoms with Gasteiger partial charge in [-0.3, -0.25) is 0 Å². The van der Waals surface area contributed by atoms with Crippen LogP contribution in [0, 0.1) is 13.8 Å². The van der Waals surface area contributed by atoms with Crippen LogP contribution in [0.4, 0.5) is 0 Å². The largest absolute Gasteiger partial charge is 0.0654 e. The van der Waals surface area contributed by atoms with Gasteiger partial charge in [0.15, 0.2) is 0 Å². The van der Waals surface area contributed by atoms with E-state index in [2.05, 4.69) is 13.8 Å². The zero-order chi connectivity index (χ0) is 4.00. The fourth-order valence-electron chi connectivity index (χ4n) is 0. The van der Waals surface area contributed by atoms with Crippen molar-refractivity contribution in [3.63, 3.8) is 0 Å². The van der Waals surface area contributed by atoms with E-state index in [1.807, 2.05) is 0 Å². The zero-order valence-electron chi connectivity index (χ0n) is 3.99. The Balaban J connectivity index is -0.00000000500. The van der Waals surface area contributed by atoms with E-state index in [9.17, 15) is 0 Å². The first-order chi connectivity index (χ1) is 2.00. The van der Waals surface area contributed by atoms with Crippen molar-refractivity contribution in [3.8, 4) is 0 Å². The van der Waals surface area contributed by atoms with Crippen molar-refractivity contribution in [2.24, 2.45) is 0 Å². The maximum atomic E-state index is 3.25. The van der Waals surface area contributed by atoms with Crippen molar-refractivity contribution in [3.05, 3.63) is 13.8 Å². The summed E-state index contributed by atoms with van der Waals surface area (Å²) >= 11 is 0. The minimum Gasteiger partial charge on any atom is -0.0654 e. The van der Waals surface area contributed by atoms with Gasteiger partial charge in [0, 0.05) is 18.8 Å². The highest BCUT2D eigenvalue weighted by Gasteiger charge is 0.941. The Morgan fingerprint density at radius 1 is 1.00 bits per heavy atom. The molecule has 0 N–H and O–H groups in total. The predicted molar refractivity (Wildman–Crippen MR) is 29.9 cm³/mol. The fourth-order valence-corrected chi connectivity index (χ4v) is 0. The molecule has 0 aromatic rings. The average Bonchev–Trinajstić information content (AvgIpc) is 1.50. The summed E-state index contributed by atoms with van der Waals surface area (Å²) in [5.74, 6) is 0. The van der Waals surface area contributed by atoms with Crippen LogP contribution in [0.1, 0.15) is 15.3 Å². The Labute approximate surface area is 47.2 Å². The van der Waals surface area contributed by atoms with Gasteiger partial charge < -0.3 is 0 Å². The molecule has 0 aliphatic rings. The first-order valence-electron chi connectivity index (χ1n) is 1.41. The van der Waals surface area contributed by atoms with Crippen molar-refractivity contribution in [2.45, 2.75) is 13.8 Å². The highest BCUT2D eigenvalue weighted by molar-refractivity contribution is 5.75. The van der Waals surface area contributed by atoms with Gasteiger partial charge in [0.25, 0.3) is 0 Å². The van der Waals surface area contributed by atoms with E-state index >= 15 is 0 Å². The quantitative estimate of drug-likeness (QED) is 0.393. The molecule has 5 radical (unpaired) electrons. The van der Waals surface area contributed by atoms with Crippen LogP contribution in [0.3, 0.4) is 0 Å². The first-order valence-corrected chi connectivity index (χ1v) is 1.41. The molecule has 0 amide bonds. The summed E-state index contributed by atoms with van der Waals surface area (Å²) in [6, 6.07) is 0. The molecule has 0 aliphatic carbocycles. The third kappa shape index (κ3) is 103. The van der Waals surface area contributed by atoms with Crippen molar-refractivity contribution < 1.29 is 1.43 Å². The molecule has 0 aliphatic heterocycles. The monoisotopic (exact) mass is 87.1 g/mol. The molecule has 0 aromatic carbocycles. The van der Waals surface area contributed by atoms with E-state index < -0.39 is 0 Å². The SMILES string of the molecule is [Al].[CH2]C.[CH2]C.[HH]. The molecule has 0 saturated heterocycles. The normalized spacial score (nSPS) is 2.40. The van der Waals surface area contributed by atoms with E-state index in [0.29, 0.717) is 0 Å². The lowest BCUT2D eigenvalue weighted by Crippen LogP contribution is -0.888. The molecule has 0 nitrogen and oxygen atoms in total. The molecule has 0 heterocycles. The van der Waals surface area contributed by atoms with Gasteiger partial charge >= 0.3 is 0 Å². The Bertz CT molecular complexity index is 7.51. The summed E-state index contributed by atoms with van der Waals surface area (Å²) in [6.45, 7) is 10.0. The van der Waals surface area contributed by atoms with E-state index in [4.69, 9.17) is 0 Å². The lowest BCUT2D eigenvalue weighted by Gasteiger charge is -1.06. The molecule has 0 saturated carbocycles. The van der Waals surface area contributed by atoms with Crippen molar-refractivity contribution in [1.82, 2.24) is 0 Å². The molecule has 0 unspecified atom stereocenters. The average molecular weight is 87.1 g/mol. The first kappa shape index (κ1) is 17.7. The topological polar surface area (TPSA) is 0 Å². The van der Waals surface area contributed by atoms with Crippen LogP contribution in [0.2, 0.25) is 0 Å². The zero-order valence-corrected chi connectivity index (χ0v) is 5.15. The van der Waals surface area contributed by atoms with Crippen LogP contribution in [0.5, 0.6) is 0 Å². The maximum absolute atomic E-state index is 3.25. The van der Waals surface area contributed by atoms with Gasteiger partial charge in [0.1, 0.15) is 0 Å². The van der Waals surface area contributed by atoms with E-state index in [1.54, 1.807) is 13.8 Å². The minimum absolute atomic E-state index is 0. The summed E-state index contributed by atoms with van der Waals surface area (Å²) in [5.41, 5.74) is 0. The van der Waals surface area contributed by atoms with Gasteiger partial charge in [-0.05, 0) is 0 Å². The van der Waals surface area contributed by atoms with Crippen LogP contribution in [-0.4, -0.2) is 17.4 Å². The van der Waals surface area contributed by atoms with Crippen molar-refractivity contribution in [2.75, 3.05) is 0 Å². The third-order valence-corrected chi connectivity index (χ3v) is 0. The number of hydrogen-bond donors (Lipinski definition) is 0. The summed E-state index contributed by atoms with van der Waals surface area (Å²) < 4.78 is 0. The second-order valence-corrected chi connectivity index (χ2v) is 0. The lowest BCUT2D eigenvalue weighted by atomic mass is 11.0. The van der Waals surface area contributed by atoms with Gasteiger partial charge in [0.2, 0.25) is 0 Å². The van der Waals surface area contributed by atoms with Crippen LogP contribution < -0.4 is 0 Å². The fraction of sp³-hybridized carbons (Fsp3) is 0.500. The second kappa shape index (κ2) is 199. The Morgan fingerprint density at radius 2 is 1.00 bits per heavy atom. The number of rotatable bonds is 0. The molecule has 5 heavy (non-hydrogen) atoms. The van der Waals surface area contributed by atoms with Crippen molar-refractivity contribution >= 4 is 17.4 Å². The molecular formula is C4H12Al. The van der Waals surface area contributed by atoms with Gasteiger partial charge in [-0.25, -0.2) is 0 Å². The molecule has 1 heteroatoms. The van der Waals surface area contributed by atoms with Crippen LogP contribution in [0.25, 0.3) is 0 Å². The van der Waals surface area contributed by atoms with Gasteiger partial charge in [-0.2, -0.15) is 0 Å². The molecule has 0 fully saturated rings. The van der Waals surface area contributed by atoms with Gasteiger partial charge in [0.05, 0.1) is 0 Å². The minimum atomic E-state index is 0. The van der Waals surface area contributed by atoms with E-state index in [0.717, 1.165) is 0 Å². The van der Waals surface area contributed by atoms with Crippen LogP contribution >= 0.6 is 0 Å². The second-order valence-electron chi connectivity index (χ2n) is 0. The van der Waals surface area contributed by atoms with E-state index in [-0.39, 0.29) is 18.8 Å². The standard InChI is InChI=1S/2C2H5.Al.H2/c2*1-2;;/h2*1H2,2H3;;1H. The molecular weight excluding hydrogens is 75.0 g/mol. The predicted octanol–water partition coefficient (Wildman–Crippen LogP) is 1.55. The molecule has 0 atom stereocenters. The Kier molecular flexibility index (Phi) is 707. The third-order valence-electron chi connectivity index (χ3n) is 0. The van der Waals surface area contributed by atoms with Crippen LogP contribution in [0.15, 0.2) is 0 Å². The summed E-state index contributed by atoms with van der Waals surface area (Å²) in [6.07, 6.45) is 0. The van der Waals surface area contributed by atoms with Crippen molar-refractivity contribution in [1.29, 1.82) is 0 Å². The molecule has 0 bridgehead atoms.